The van der Waals surface area contributed by atoms with Crippen molar-refractivity contribution in [3.8, 4) is 0 Å². The van der Waals surface area contributed by atoms with Crippen LogP contribution in [0.1, 0.15) is 36.8 Å². The lowest BCUT2D eigenvalue weighted by molar-refractivity contribution is -0.122. The van der Waals surface area contributed by atoms with Crippen LogP contribution in [0.15, 0.2) is 41.4 Å². The van der Waals surface area contributed by atoms with Crippen LogP contribution in [0.5, 0.6) is 0 Å². The van der Waals surface area contributed by atoms with Crippen LogP contribution in [0.25, 0.3) is 0 Å². The zero-order valence-corrected chi connectivity index (χ0v) is 21.1. The van der Waals surface area contributed by atoms with E-state index < -0.39 is 10.0 Å². The number of anilines is 2. The monoisotopic (exact) mass is 499 g/mol. The van der Waals surface area contributed by atoms with E-state index in [1.807, 2.05) is 30.9 Å². The van der Waals surface area contributed by atoms with Gasteiger partial charge < -0.3 is 16.0 Å². The number of aromatic nitrogens is 1. The molecule has 188 valence electrons. The van der Waals surface area contributed by atoms with E-state index in [2.05, 4.69) is 10.3 Å². The Morgan fingerprint density at radius 3 is 2.37 bits per heavy atom. The second-order valence-corrected chi connectivity index (χ2v) is 11.4. The van der Waals surface area contributed by atoms with E-state index in [1.165, 1.54) is 4.31 Å². The van der Waals surface area contributed by atoms with Gasteiger partial charge in [-0.3, -0.25) is 9.59 Å². The molecule has 9 nitrogen and oxygen atoms in total. The van der Waals surface area contributed by atoms with Crippen molar-refractivity contribution in [3.05, 3.63) is 47.7 Å². The average Bonchev–Trinajstić information content (AvgIpc) is 2.86. The van der Waals surface area contributed by atoms with Crippen LogP contribution >= 0.6 is 0 Å². The summed E-state index contributed by atoms with van der Waals surface area (Å²) in [5.74, 6) is -0.103. The number of rotatable bonds is 6. The standard InChI is InChI=1S/C25H33N5O4S/c1-17-5-7-22(14-18(17)2)35(33,34)30-12-9-19(10-13-30)25(32)28-21-6-8-23(27-15-21)29-11-3-4-20(16-29)24(26)31/h5-8,14-15,19-20H,3-4,9-13,16H2,1-2H3,(H2,26,31)(H,28,32). The first-order valence-electron chi connectivity index (χ1n) is 12.0. The highest BCUT2D eigenvalue weighted by atomic mass is 32.2. The van der Waals surface area contributed by atoms with Gasteiger partial charge in [0.25, 0.3) is 0 Å². The number of hydrogen-bond acceptors (Lipinski definition) is 6. The van der Waals surface area contributed by atoms with Crippen molar-refractivity contribution >= 4 is 33.3 Å². The molecule has 1 aromatic carbocycles. The number of hydrogen-bond donors (Lipinski definition) is 2. The predicted octanol–water partition coefficient (Wildman–Crippen LogP) is 2.44. The largest absolute Gasteiger partial charge is 0.369 e. The lowest BCUT2D eigenvalue weighted by atomic mass is 9.97. The molecule has 0 radical (unpaired) electrons. The average molecular weight is 500 g/mol. The second-order valence-electron chi connectivity index (χ2n) is 9.51. The molecule has 2 aliphatic rings. The number of piperidine rings is 2. The maximum Gasteiger partial charge on any atom is 0.243 e. The van der Waals surface area contributed by atoms with Gasteiger partial charge in [0, 0.05) is 32.1 Å². The van der Waals surface area contributed by atoms with E-state index in [4.69, 9.17) is 5.73 Å². The highest BCUT2D eigenvalue weighted by Crippen LogP contribution is 2.27. The van der Waals surface area contributed by atoms with E-state index in [9.17, 15) is 18.0 Å². The van der Waals surface area contributed by atoms with Crippen LogP contribution in [0.3, 0.4) is 0 Å². The van der Waals surface area contributed by atoms with Gasteiger partial charge in [-0.15, -0.1) is 0 Å². The third kappa shape index (κ3) is 5.65. The summed E-state index contributed by atoms with van der Waals surface area (Å²) in [4.78, 5) is 31.1. The second kappa shape index (κ2) is 10.3. The molecular weight excluding hydrogens is 466 g/mol. The summed E-state index contributed by atoms with van der Waals surface area (Å²) in [6.07, 6.45) is 4.21. The van der Waals surface area contributed by atoms with Crippen LogP contribution in [0.4, 0.5) is 11.5 Å². The van der Waals surface area contributed by atoms with Crippen molar-refractivity contribution in [2.45, 2.75) is 44.4 Å². The lowest BCUT2D eigenvalue weighted by Gasteiger charge is -2.32. The zero-order chi connectivity index (χ0) is 25.2. The number of carbonyl (C=O) groups excluding carboxylic acids is 2. The van der Waals surface area contributed by atoms with Crippen molar-refractivity contribution in [2.24, 2.45) is 17.6 Å². The van der Waals surface area contributed by atoms with Crippen LogP contribution in [-0.4, -0.2) is 55.7 Å². The lowest BCUT2D eigenvalue weighted by Crippen LogP contribution is -2.41. The fraction of sp³-hybridized carbons (Fsp3) is 0.480. The topological polar surface area (TPSA) is 126 Å². The number of nitrogens with one attached hydrogen (secondary N) is 1. The van der Waals surface area contributed by atoms with E-state index in [1.54, 1.807) is 24.4 Å². The van der Waals surface area contributed by atoms with Crippen molar-refractivity contribution in [1.29, 1.82) is 0 Å². The van der Waals surface area contributed by atoms with Crippen molar-refractivity contribution in [2.75, 3.05) is 36.4 Å². The van der Waals surface area contributed by atoms with E-state index in [-0.39, 0.29) is 23.7 Å². The summed E-state index contributed by atoms with van der Waals surface area (Å²) in [7, 11) is -3.58. The molecule has 2 aliphatic heterocycles. The van der Waals surface area contributed by atoms with E-state index in [0.29, 0.717) is 43.1 Å². The van der Waals surface area contributed by atoms with Crippen LogP contribution in [-0.2, 0) is 19.6 Å². The Bertz CT molecular complexity index is 1190. The Hall–Kier alpha value is -2.98. The number of pyridine rings is 1. The quantitative estimate of drug-likeness (QED) is 0.629. The van der Waals surface area contributed by atoms with Gasteiger partial charge in [-0.2, -0.15) is 4.31 Å². The molecule has 1 unspecified atom stereocenters. The SMILES string of the molecule is Cc1ccc(S(=O)(=O)N2CCC(C(=O)Nc3ccc(N4CCCC(C(N)=O)C4)nc3)CC2)cc1C. The number of amides is 2. The minimum absolute atomic E-state index is 0.130. The third-order valence-electron chi connectivity index (χ3n) is 7.10. The highest BCUT2D eigenvalue weighted by Gasteiger charge is 2.32. The Balaban J connectivity index is 1.32. The predicted molar refractivity (Wildman–Crippen MR) is 134 cm³/mol. The molecule has 35 heavy (non-hydrogen) atoms. The molecule has 0 bridgehead atoms. The number of sulfonamides is 1. The molecule has 3 heterocycles. The molecular formula is C25H33N5O4S. The minimum Gasteiger partial charge on any atom is -0.369 e. The number of benzene rings is 1. The van der Waals surface area contributed by atoms with Crippen LogP contribution < -0.4 is 16.0 Å². The Labute approximate surface area is 206 Å². The maximum atomic E-state index is 13.0. The first-order valence-corrected chi connectivity index (χ1v) is 13.5. The molecule has 2 fully saturated rings. The minimum atomic E-state index is -3.58. The van der Waals surface area contributed by atoms with Gasteiger partial charge in [0.1, 0.15) is 5.82 Å². The normalized spacial score (nSPS) is 19.9. The number of nitrogens with two attached hydrogens (primary N) is 1. The molecule has 3 N–H and O–H groups in total. The van der Waals surface area contributed by atoms with E-state index in [0.717, 1.165) is 36.3 Å². The third-order valence-corrected chi connectivity index (χ3v) is 9.00. The Morgan fingerprint density at radius 2 is 1.74 bits per heavy atom. The van der Waals surface area contributed by atoms with Gasteiger partial charge in [0.2, 0.25) is 21.8 Å². The van der Waals surface area contributed by atoms with Gasteiger partial charge in [-0.1, -0.05) is 6.07 Å². The Kier molecular flexibility index (Phi) is 7.42. The number of nitrogens with zero attached hydrogens (tertiary/aromatic N) is 3. The first-order chi connectivity index (χ1) is 16.6. The fourth-order valence-electron chi connectivity index (χ4n) is 4.69. The summed E-state index contributed by atoms with van der Waals surface area (Å²) in [6.45, 7) is 5.83. The van der Waals surface area contributed by atoms with Crippen LogP contribution in [0.2, 0.25) is 0 Å². The van der Waals surface area contributed by atoms with Gasteiger partial charge in [-0.25, -0.2) is 13.4 Å². The molecule has 1 aromatic heterocycles. The zero-order valence-electron chi connectivity index (χ0n) is 20.2. The number of carbonyl (C=O) groups is 2. The summed E-state index contributed by atoms with van der Waals surface area (Å²) in [5, 5.41) is 2.91. The van der Waals surface area contributed by atoms with E-state index >= 15 is 0 Å². The van der Waals surface area contributed by atoms with Gasteiger partial charge >= 0.3 is 0 Å². The Morgan fingerprint density at radius 1 is 1.00 bits per heavy atom. The van der Waals surface area contributed by atoms with Crippen molar-refractivity contribution in [3.63, 3.8) is 0 Å². The number of primary amides is 1. The molecule has 0 aliphatic carbocycles. The molecule has 0 spiro atoms. The van der Waals surface area contributed by atoms with Crippen molar-refractivity contribution in [1.82, 2.24) is 9.29 Å². The summed E-state index contributed by atoms with van der Waals surface area (Å²) >= 11 is 0. The molecule has 2 saturated heterocycles. The smallest absolute Gasteiger partial charge is 0.243 e. The molecule has 0 saturated carbocycles. The van der Waals surface area contributed by atoms with Gasteiger partial charge in [0.05, 0.1) is 22.7 Å². The number of aryl methyl sites for hydroxylation is 2. The summed E-state index contributed by atoms with van der Waals surface area (Å²) in [5.41, 5.74) is 8.04. The summed E-state index contributed by atoms with van der Waals surface area (Å²) < 4.78 is 27.5. The van der Waals surface area contributed by atoms with Crippen molar-refractivity contribution < 1.29 is 18.0 Å². The molecule has 10 heteroatoms. The molecule has 2 amide bonds. The maximum absolute atomic E-state index is 13.0. The van der Waals surface area contributed by atoms with Gasteiger partial charge in [-0.05, 0) is 74.9 Å². The molecule has 4 rings (SSSR count). The highest BCUT2D eigenvalue weighted by molar-refractivity contribution is 7.89. The van der Waals surface area contributed by atoms with Crippen LogP contribution in [0, 0.1) is 25.7 Å². The molecule has 1 atom stereocenters. The van der Waals surface area contributed by atoms with Gasteiger partial charge in [0.15, 0.2) is 0 Å². The fourth-order valence-corrected chi connectivity index (χ4v) is 6.25. The molecule has 2 aromatic rings. The summed E-state index contributed by atoms with van der Waals surface area (Å²) in [6, 6.07) is 8.80. The first kappa shape index (κ1) is 25.1.